The quantitative estimate of drug-likeness (QED) is 0.531. The molecule has 4 aliphatic rings. The van der Waals surface area contributed by atoms with Gasteiger partial charge in [-0.3, -0.25) is 4.79 Å². The van der Waals surface area contributed by atoms with Gasteiger partial charge < -0.3 is 20.4 Å². The van der Waals surface area contributed by atoms with E-state index in [1.165, 1.54) is 19.3 Å². The zero-order valence-electron chi connectivity index (χ0n) is 18.3. The van der Waals surface area contributed by atoms with Crippen LogP contribution in [0.25, 0.3) is 0 Å². The Morgan fingerprint density at radius 3 is 2.38 bits per heavy atom. The second-order valence-corrected chi connectivity index (χ2v) is 11.6. The molecule has 4 unspecified atom stereocenters. The van der Waals surface area contributed by atoms with Gasteiger partial charge in [0.25, 0.3) is 0 Å². The summed E-state index contributed by atoms with van der Waals surface area (Å²) < 4.78 is 0. The van der Waals surface area contributed by atoms with E-state index in [4.69, 9.17) is 5.11 Å². The standard InChI is InChI=1S/C24H40O5/c1-14(4-9-21(26)27)17-7-8-18-16-6-5-15-12-24(28,29)20(25)13-23(15,3)19(16)10-11-22(17,18)2/h14-20,25,28-29H,4-13H2,1-3H3,(H,26,27)/t14-,15-,16?,17-,18?,19?,20?,22-,23+/m1/s1. The molecule has 0 aromatic carbocycles. The minimum Gasteiger partial charge on any atom is -0.481 e. The maximum Gasteiger partial charge on any atom is 0.303 e. The molecule has 0 spiro atoms. The zero-order chi connectivity index (χ0) is 21.2. The van der Waals surface area contributed by atoms with Gasteiger partial charge in [0.15, 0.2) is 5.79 Å². The lowest BCUT2D eigenvalue weighted by atomic mass is 9.44. The number of carbonyl (C=O) groups is 1. The fraction of sp³-hybridized carbons (Fsp3) is 0.958. The molecule has 4 saturated carbocycles. The lowest BCUT2D eigenvalue weighted by molar-refractivity contribution is -0.284. The normalized spacial score (nSPS) is 49.6. The summed E-state index contributed by atoms with van der Waals surface area (Å²) in [5.74, 6) is 0.607. The van der Waals surface area contributed by atoms with Crippen LogP contribution in [-0.4, -0.2) is 38.3 Å². The first-order chi connectivity index (χ1) is 13.5. The summed E-state index contributed by atoms with van der Waals surface area (Å²) in [4.78, 5) is 11.1. The Hall–Kier alpha value is -0.650. The van der Waals surface area contributed by atoms with Crippen molar-refractivity contribution in [2.45, 2.75) is 96.9 Å². The predicted octanol–water partition coefficient (Wildman–Crippen LogP) is 3.80. The van der Waals surface area contributed by atoms with Crippen molar-refractivity contribution in [2.24, 2.45) is 46.3 Å². The molecule has 4 N–H and O–H groups in total. The van der Waals surface area contributed by atoms with E-state index in [0.29, 0.717) is 47.8 Å². The maximum atomic E-state index is 11.1. The minimum atomic E-state index is -1.93. The van der Waals surface area contributed by atoms with Gasteiger partial charge in [0.2, 0.25) is 0 Å². The van der Waals surface area contributed by atoms with Gasteiger partial charge in [-0.2, -0.15) is 0 Å². The van der Waals surface area contributed by atoms with Gasteiger partial charge >= 0.3 is 5.97 Å². The van der Waals surface area contributed by atoms with Crippen LogP contribution in [0, 0.1) is 46.3 Å². The van der Waals surface area contributed by atoms with Crippen LogP contribution in [0.3, 0.4) is 0 Å². The molecule has 29 heavy (non-hydrogen) atoms. The van der Waals surface area contributed by atoms with E-state index in [-0.39, 0.29) is 17.8 Å². The summed E-state index contributed by atoms with van der Waals surface area (Å²) in [5, 5.41) is 40.0. The first kappa shape index (κ1) is 21.6. The van der Waals surface area contributed by atoms with Crippen molar-refractivity contribution in [1.29, 1.82) is 0 Å². The summed E-state index contributed by atoms with van der Waals surface area (Å²) in [7, 11) is 0. The van der Waals surface area contributed by atoms with E-state index in [1.54, 1.807) is 0 Å². The van der Waals surface area contributed by atoms with Gasteiger partial charge in [0, 0.05) is 12.8 Å². The van der Waals surface area contributed by atoms with Crippen molar-refractivity contribution in [1.82, 2.24) is 0 Å². The van der Waals surface area contributed by atoms with Crippen LogP contribution >= 0.6 is 0 Å². The number of aliphatic hydroxyl groups excluding tert-OH is 1. The highest BCUT2D eigenvalue weighted by molar-refractivity contribution is 5.66. The van der Waals surface area contributed by atoms with Crippen molar-refractivity contribution in [3.63, 3.8) is 0 Å². The van der Waals surface area contributed by atoms with Gasteiger partial charge in [-0.25, -0.2) is 0 Å². The fourth-order valence-electron chi connectivity index (χ4n) is 8.79. The number of fused-ring (bicyclic) bond motifs is 5. The molecule has 4 aliphatic carbocycles. The number of aliphatic hydroxyl groups is 3. The van der Waals surface area contributed by atoms with Gasteiger partial charge in [-0.05, 0) is 97.7 Å². The second-order valence-electron chi connectivity index (χ2n) is 11.6. The number of aliphatic carboxylic acids is 1. The van der Waals surface area contributed by atoms with Gasteiger partial charge in [-0.15, -0.1) is 0 Å². The van der Waals surface area contributed by atoms with E-state index < -0.39 is 17.9 Å². The molecular formula is C24H40O5. The largest absolute Gasteiger partial charge is 0.481 e. The summed E-state index contributed by atoms with van der Waals surface area (Å²) in [6.45, 7) is 7.03. The van der Waals surface area contributed by atoms with E-state index >= 15 is 0 Å². The monoisotopic (exact) mass is 408 g/mol. The average molecular weight is 409 g/mol. The fourth-order valence-corrected chi connectivity index (χ4v) is 8.79. The summed E-state index contributed by atoms with van der Waals surface area (Å²) in [6.07, 6.45) is 7.76. The molecule has 5 heteroatoms. The molecule has 5 nitrogen and oxygen atoms in total. The molecule has 0 amide bonds. The molecule has 0 saturated heterocycles. The lowest BCUT2D eigenvalue weighted by Gasteiger charge is -2.62. The molecule has 0 heterocycles. The van der Waals surface area contributed by atoms with Crippen molar-refractivity contribution in [3.05, 3.63) is 0 Å². The van der Waals surface area contributed by atoms with Crippen molar-refractivity contribution >= 4 is 5.97 Å². The third kappa shape index (κ3) is 3.36. The van der Waals surface area contributed by atoms with E-state index in [0.717, 1.165) is 25.7 Å². The van der Waals surface area contributed by atoms with Crippen LogP contribution < -0.4 is 0 Å². The maximum absolute atomic E-state index is 11.1. The number of hydrogen-bond acceptors (Lipinski definition) is 4. The third-order valence-corrected chi connectivity index (χ3v) is 10.4. The molecule has 0 aromatic rings. The Bertz CT molecular complexity index is 647. The van der Waals surface area contributed by atoms with Gasteiger partial charge in [0.05, 0.1) is 0 Å². The summed E-state index contributed by atoms with van der Waals surface area (Å²) in [5.41, 5.74) is 0.291. The molecule has 0 aliphatic heterocycles. The number of carboxylic acids is 1. The third-order valence-electron chi connectivity index (χ3n) is 10.4. The minimum absolute atomic E-state index is 0.00830. The van der Waals surface area contributed by atoms with E-state index in [1.807, 2.05) is 0 Å². The first-order valence-electron chi connectivity index (χ1n) is 11.8. The zero-order valence-corrected chi connectivity index (χ0v) is 18.3. The molecule has 0 bridgehead atoms. The van der Waals surface area contributed by atoms with E-state index in [2.05, 4.69) is 20.8 Å². The van der Waals surface area contributed by atoms with Crippen LogP contribution in [0.5, 0.6) is 0 Å². The molecule has 4 rings (SSSR count). The molecule has 0 radical (unpaired) electrons. The summed E-state index contributed by atoms with van der Waals surface area (Å²) in [6, 6.07) is 0. The first-order valence-corrected chi connectivity index (χ1v) is 11.8. The van der Waals surface area contributed by atoms with Crippen molar-refractivity contribution in [3.8, 4) is 0 Å². The Morgan fingerprint density at radius 1 is 1.00 bits per heavy atom. The Kier molecular flexibility index (Phi) is 5.36. The average Bonchev–Trinajstić information content (AvgIpc) is 2.98. The highest BCUT2D eigenvalue weighted by Crippen LogP contribution is 2.68. The van der Waals surface area contributed by atoms with Gasteiger partial charge in [-0.1, -0.05) is 20.8 Å². The molecule has 4 fully saturated rings. The van der Waals surface area contributed by atoms with Crippen LogP contribution in [0.1, 0.15) is 85.0 Å². The Morgan fingerprint density at radius 2 is 1.69 bits per heavy atom. The highest BCUT2D eigenvalue weighted by Gasteiger charge is 2.63. The van der Waals surface area contributed by atoms with Crippen LogP contribution in [0.4, 0.5) is 0 Å². The topological polar surface area (TPSA) is 98.0 Å². The van der Waals surface area contributed by atoms with E-state index in [9.17, 15) is 20.1 Å². The number of hydrogen-bond donors (Lipinski definition) is 4. The Balaban J connectivity index is 1.53. The number of carboxylic acid groups (broad SMARTS) is 1. The summed E-state index contributed by atoms with van der Waals surface area (Å²) >= 11 is 0. The van der Waals surface area contributed by atoms with Crippen LogP contribution in [-0.2, 0) is 4.79 Å². The van der Waals surface area contributed by atoms with Crippen LogP contribution in [0.2, 0.25) is 0 Å². The predicted molar refractivity (Wildman–Crippen MR) is 110 cm³/mol. The lowest BCUT2D eigenvalue weighted by Crippen LogP contribution is -2.60. The molecular weight excluding hydrogens is 368 g/mol. The second kappa shape index (κ2) is 7.20. The molecule has 166 valence electrons. The smallest absolute Gasteiger partial charge is 0.303 e. The number of rotatable bonds is 4. The highest BCUT2D eigenvalue weighted by atomic mass is 16.5. The van der Waals surface area contributed by atoms with Crippen LogP contribution in [0.15, 0.2) is 0 Å². The Labute approximate surface area is 174 Å². The van der Waals surface area contributed by atoms with Gasteiger partial charge in [0.1, 0.15) is 6.10 Å². The molecule has 0 aromatic heterocycles. The molecule has 9 atom stereocenters. The van der Waals surface area contributed by atoms with Crippen molar-refractivity contribution < 1.29 is 25.2 Å². The SMILES string of the molecule is C[C@H](CCC(=O)O)[C@H]1CCC2C3CC[C@@H]4CC(O)(O)C(O)C[C@]4(C)C3CC[C@@]21C. The van der Waals surface area contributed by atoms with Crippen molar-refractivity contribution in [2.75, 3.05) is 0 Å².